The lowest BCUT2D eigenvalue weighted by atomic mass is 9.87. The second kappa shape index (κ2) is 5.70. The van der Waals surface area contributed by atoms with E-state index >= 15 is 0 Å². The van der Waals surface area contributed by atoms with Crippen LogP contribution in [0.15, 0.2) is 36.7 Å². The van der Waals surface area contributed by atoms with Crippen LogP contribution in [0.4, 0.5) is 5.82 Å². The van der Waals surface area contributed by atoms with Crippen molar-refractivity contribution in [2.75, 3.05) is 5.32 Å². The quantitative estimate of drug-likeness (QED) is 0.585. The van der Waals surface area contributed by atoms with Crippen LogP contribution in [0.5, 0.6) is 0 Å². The average molecular weight is 360 g/mol. The molecule has 1 amide bonds. The van der Waals surface area contributed by atoms with Gasteiger partial charge in [0.15, 0.2) is 17.3 Å². The summed E-state index contributed by atoms with van der Waals surface area (Å²) in [4.78, 5) is 16.6. The Morgan fingerprint density at radius 3 is 2.85 bits per heavy atom. The molecule has 4 aromatic heterocycles. The molecule has 1 N–H and O–H groups in total. The summed E-state index contributed by atoms with van der Waals surface area (Å²) >= 11 is 0. The summed E-state index contributed by atoms with van der Waals surface area (Å²) < 4.78 is 3.33. The van der Waals surface area contributed by atoms with E-state index in [1.807, 2.05) is 38.1 Å². The lowest BCUT2D eigenvalue weighted by molar-refractivity contribution is -0.116. The number of rotatable bonds is 2. The number of hydrogen-bond acceptors (Lipinski definition) is 6. The number of nitrogens with zero attached hydrogens (tertiary/aromatic N) is 7. The standard InChI is InChI=1S/C18H16N8O/c1-10-17-13(12-4-3-7-19-9-12)8-16(27)20-18(17)26(23-10)15-6-5-14-22-21-11(2)25(14)24-15/h3-7,9,13H,8H2,1-2H3,(H,20,27). The van der Waals surface area contributed by atoms with Crippen molar-refractivity contribution in [3.63, 3.8) is 0 Å². The van der Waals surface area contributed by atoms with Crippen LogP contribution in [-0.2, 0) is 4.79 Å². The van der Waals surface area contributed by atoms with Crippen LogP contribution in [0.3, 0.4) is 0 Å². The number of aromatic nitrogens is 7. The number of amides is 1. The third-order valence-corrected chi connectivity index (χ3v) is 4.81. The lowest BCUT2D eigenvalue weighted by Crippen LogP contribution is -2.25. The van der Waals surface area contributed by atoms with Gasteiger partial charge in [-0.15, -0.1) is 15.3 Å². The fraction of sp³-hybridized carbons (Fsp3) is 0.222. The molecule has 0 bridgehead atoms. The Labute approximate surface area is 154 Å². The van der Waals surface area contributed by atoms with Crippen molar-refractivity contribution in [2.24, 2.45) is 0 Å². The maximum Gasteiger partial charge on any atom is 0.226 e. The first-order valence-electron chi connectivity index (χ1n) is 8.60. The van der Waals surface area contributed by atoms with Crippen molar-refractivity contribution in [1.82, 2.24) is 34.6 Å². The minimum absolute atomic E-state index is 0.0564. The summed E-state index contributed by atoms with van der Waals surface area (Å²) in [5.74, 6) is 1.77. The van der Waals surface area contributed by atoms with Gasteiger partial charge in [0, 0.05) is 30.3 Å². The Hall–Kier alpha value is -3.62. The van der Waals surface area contributed by atoms with Crippen molar-refractivity contribution < 1.29 is 4.79 Å². The molecular weight excluding hydrogens is 344 g/mol. The molecule has 0 radical (unpaired) electrons. The van der Waals surface area contributed by atoms with Gasteiger partial charge in [-0.25, -0.2) is 0 Å². The Balaban J connectivity index is 1.69. The first kappa shape index (κ1) is 15.6. The zero-order valence-corrected chi connectivity index (χ0v) is 14.8. The first-order valence-corrected chi connectivity index (χ1v) is 8.60. The van der Waals surface area contributed by atoms with Crippen molar-refractivity contribution in [3.8, 4) is 5.82 Å². The van der Waals surface area contributed by atoms with E-state index in [0.717, 1.165) is 16.8 Å². The molecule has 0 aromatic carbocycles. The number of hydrogen-bond donors (Lipinski definition) is 1. The maximum absolute atomic E-state index is 12.4. The first-order chi connectivity index (χ1) is 13.1. The highest BCUT2D eigenvalue weighted by molar-refractivity contribution is 5.95. The molecule has 1 unspecified atom stereocenters. The van der Waals surface area contributed by atoms with Gasteiger partial charge in [-0.2, -0.15) is 14.3 Å². The predicted octanol–water partition coefficient (Wildman–Crippen LogP) is 1.80. The van der Waals surface area contributed by atoms with Crippen molar-refractivity contribution in [1.29, 1.82) is 0 Å². The van der Waals surface area contributed by atoms with E-state index < -0.39 is 0 Å². The smallest absolute Gasteiger partial charge is 0.226 e. The molecule has 134 valence electrons. The van der Waals surface area contributed by atoms with Crippen LogP contribution in [0.2, 0.25) is 0 Å². The summed E-state index contributed by atoms with van der Waals surface area (Å²) in [5.41, 5.74) is 3.49. The second-order valence-corrected chi connectivity index (χ2v) is 6.56. The van der Waals surface area contributed by atoms with E-state index in [9.17, 15) is 4.79 Å². The number of anilines is 1. The van der Waals surface area contributed by atoms with E-state index in [1.54, 1.807) is 21.6 Å². The highest BCUT2D eigenvalue weighted by Gasteiger charge is 2.33. The number of carbonyl (C=O) groups excluding carboxylic acids is 1. The molecule has 1 aliphatic heterocycles. The number of carbonyl (C=O) groups is 1. The molecule has 1 aliphatic rings. The van der Waals surface area contributed by atoms with Crippen LogP contribution in [0, 0.1) is 13.8 Å². The van der Waals surface area contributed by atoms with Crippen LogP contribution in [-0.4, -0.2) is 40.5 Å². The van der Waals surface area contributed by atoms with Gasteiger partial charge in [0.05, 0.1) is 5.69 Å². The Bertz CT molecular complexity index is 1180. The molecule has 4 aromatic rings. The van der Waals surface area contributed by atoms with Gasteiger partial charge in [-0.3, -0.25) is 9.78 Å². The van der Waals surface area contributed by atoms with E-state index in [1.165, 1.54) is 0 Å². The molecule has 0 aliphatic carbocycles. The van der Waals surface area contributed by atoms with Gasteiger partial charge in [-0.05, 0) is 37.6 Å². The molecular formula is C18H16N8O. The zero-order valence-electron chi connectivity index (χ0n) is 14.8. The number of aryl methyl sites for hydroxylation is 2. The number of fused-ring (bicyclic) bond motifs is 2. The lowest BCUT2D eigenvalue weighted by Gasteiger charge is -2.24. The van der Waals surface area contributed by atoms with Gasteiger partial charge in [0.25, 0.3) is 0 Å². The van der Waals surface area contributed by atoms with Crippen molar-refractivity contribution >= 4 is 17.4 Å². The molecule has 0 fully saturated rings. The van der Waals surface area contributed by atoms with E-state index in [2.05, 4.69) is 30.7 Å². The van der Waals surface area contributed by atoms with Crippen molar-refractivity contribution in [2.45, 2.75) is 26.2 Å². The van der Waals surface area contributed by atoms with Crippen LogP contribution >= 0.6 is 0 Å². The summed E-state index contributed by atoms with van der Waals surface area (Å²) in [7, 11) is 0. The van der Waals surface area contributed by atoms with E-state index in [0.29, 0.717) is 29.5 Å². The highest BCUT2D eigenvalue weighted by Crippen LogP contribution is 2.39. The van der Waals surface area contributed by atoms with E-state index in [4.69, 9.17) is 0 Å². The molecule has 27 heavy (non-hydrogen) atoms. The summed E-state index contributed by atoms with van der Waals surface area (Å²) in [5, 5.41) is 20.3. The largest absolute Gasteiger partial charge is 0.310 e. The third-order valence-electron chi connectivity index (χ3n) is 4.81. The minimum Gasteiger partial charge on any atom is -0.310 e. The monoisotopic (exact) mass is 360 g/mol. The van der Waals surface area contributed by atoms with E-state index in [-0.39, 0.29) is 11.8 Å². The van der Waals surface area contributed by atoms with Gasteiger partial charge < -0.3 is 5.32 Å². The van der Waals surface area contributed by atoms with Gasteiger partial charge in [-0.1, -0.05) is 6.07 Å². The molecule has 5 rings (SSSR count). The summed E-state index contributed by atoms with van der Waals surface area (Å²) in [6.45, 7) is 3.78. The van der Waals surface area contributed by atoms with Gasteiger partial charge in [0.2, 0.25) is 5.91 Å². The SMILES string of the molecule is Cc1nn(-c2ccc3nnc(C)n3n2)c2c1C(c1cccnc1)CC(=O)N2. The second-order valence-electron chi connectivity index (χ2n) is 6.56. The van der Waals surface area contributed by atoms with Crippen LogP contribution in [0.25, 0.3) is 11.5 Å². The Morgan fingerprint density at radius 1 is 1.15 bits per heavy atom. The highest BCUT2D eigenvalue weighted by atomic mass is 16.1. The fourth-order valence-electron chi connectivity index (χ4n) is 3.58. The van der Waals surface area contributed by atoms with Gasteiger partial charge >= 0.3 is 0 Å². The fourth-order valence-corrected chi connectivity index (χ4v) is 3.58. The van der Waals surface area contributed by atoms with Crippen LogP contribution in [0.1, 0.15) is 35.0 Å². The predicted molar refractivity (Wildman–Crippen MR) is 96.7 cm³/mol. The molecule has 9 nitrogen and oxygen atoms in total. The Morgan fingerprint density at radius 2 is 2.04 bits per heavy atom. The summed E-state index contributed by atoms with van der Waals surface area (Å²) in [6.07, 6.45) is 3.89. The van der Waals surface area contributed by atoms with Crippen LogP contribution < -0.4 is 5.32 Å². The summed E-state index contributed by atoms with van der Waals surface area (Å²) in [6, 6.07) is 7.51. The molecule has 0 spiro atoms. The number of nitrogens with one attached hydrogen (secondary N) is 1. The molecule has 1 atom stereocenters. The molecule has 9 heteroatoms. The zero-order chi connectivity index (χ0) is 18.5. The average Bonchev–Trinajstić information content (AvgIpc) is 3.22. The number of pyridine rings is 1. The van der Waals surface area contributed by atoms with Crippen molar-refractivity contribution in [3.05, 3.63) is 59.3 Å². The molecule has 0 saturated carbocycles. The third kappa shape index (κ3) is 2.39. The topological polar surface area (TPSA) is 103 Å². The molecule has 0 saturated heterocycles. The Kier molecular flexibility index (Phi) is 3.30. The molecule has 5 heterocycles. The minimum atomic E-state index is -0.0865. The maximum atomic E-state index is 12.4. The normalized spacial score (nSPS) is 16.4. The van der Waals surface area contributed by atoms with Gasteiger partial charge in [0.1, 0.15) is 5.82 Å².